The molecule has 0 aliphatic rings. The Morgan fingerprint density at radius 1 is 1.29 bits per heavy atom. The number of aryl methyl sites for hydroxylation is 1. The average molecular weight is 194 g/mol. The number of aromatic nitrogens is 2. The Labute approximate surface area is 85.2 Å². The minimum atomic E-state index is 0.711. The highest BCUT2D eigenvalue weighted by Crippen LogP contribution is 1.97. The Kier molecular flexibility index (Phi) is 4.93. The minimum absolute atomic E-state index is 0.711. The molecule has 1 aromatic rings. The van der Waals surface area contributed by atoms with Gasteiger partial charge in [0.15, 0.2) is 0 Å². The van der Waals surface area contributed by atoms with Crippen LogP contribution in [0.3, 0.4) is 0 Å². The quantitative estimate of drug-likeness (QED) is 0.668. The molecule has 1 rings (SSSR count). The molecule has 0 atom stereocenters. The molecule has 0 aromatic carbocycles. The van der Waals surface area contributed by atoms with Crippen LogP contribution >= 0.6 is 0 Å². The van der Waals surface area contributed by atoms with Crippen LogP contribution in [0.5, 0.6) is 0 Å². The van der Waals surface area contributed by atoms with Gasteiger partial charge in [0.1, 0.15) is 0 Å². The van der Waals surface area contributed by atoms with E-state index in [4.69, 9.17) is 0 Å². The van der Waals surface area contributed by atoms with Crippen molar-refractivity contribution in [2.75, 3.05) is 25.0 Å². The summed E-state index contributed by atoms with van der Waals surface area (Å²) in [7, 11) is 0. The summed E-state index contributed by atoms with van der Waals surface area (Å²) < 4.78 is 0. The number of hydrogen-bond acceptors (Lipinski definition) is 4. The van der Waals surface area contributed by atoms with Crippen LogP contribution in [0.1, 0.15) is 19.0 Å². The zero-order chi connectivity index (χ0) is 10.2. The number of rotatable bonds is 6. The number of anilines is 1. The molecule has 0 aliphatic carbocycles. The molecule has 0 saturated carbocycles. The fourth-order valence-corrected chi connectivity index (χ4v) is 1.10. The Morgan fingerprint density at radius 2 is 2.14 bits per heavy atom. The summed E-state index contributed by atoms with van der Waals surface area (Å²) in [6.07, 6.45) is 2.94. The number of nitrogens with zero attached hydrogens (tertiary/aromatic N) is 2. The first-order chi connectivity index (χ1) is 6.83. The molecule has 0 saturated heterocycles. The normalized spacial score (nSPS) is 10.1. The van der Waals surface area contributed by atoms with Crippen molar-refractivity contribution in [1.29, 1.82) is 0 Å². The van der Waals surface area contributed by atoms with Crippen LogP contribution in [0.15, 0.2) is 12.3 Å². The van der Waals surface area contributed by atoms with Gasteiger partial charge < -0.3 is 10.6 Å². The second-order valence-corrected chi connectivity index (χ2v) is 3.20. The van der Waals surface area contributed by atoms with Crippen molar-refractivity contribution in [1.82, 2.24) is 15.3 Å². The maximum atomic E-state index is 4.24. The van der Waals surface area contributed by atoms with Gasteiger partial charge in [-0.1, -0.05) is 6.92 Å². The molecule has 0 unspecified atom stereocenters. The molecule has 4 heteroatoms. The van der Waals surface area contributed by atoms with Gasteiger partial charge >= 0.3 is 0 Å². The van der Waals surface area contributed by atoms with Gasteiger partial charge in [0.2, 0.25) is 5.95 Å². The SMILES string of the molecule is CCCNCCNc1nccc(C)n1. The van der Waals surface area contributed by atoms with Gasteiger partial charge in [0.05, 0.1) is 0 Å². The molecule has 4 nitrogen and oxygen atoms in total. The van der Waals surface area contributed by atoms with E-state index in [2.05, 4.69) is 27.5 Å². The van der Waals surface area contributed by atoms with Crippen molar-refractivity contribution in [3.63, 3.8) is 0 Å². The van der Waals surface area contributed by atoms with E-state index in [9.17, 15) is 0 Å². The number of nitrogens with one attached hydrogen (secondary N) is 2. The predicted molar refractivity (Wildman–Crippen MR) is 58.4 cm³/mol. The smallest absolute Gasteiger partial charge is 0.222 e. The third kappa shape index (κ3) is 4.18. The summed E-state index contributed by atoms with van der Waals surface area (Å²) in [6, 6.07) is 1.89. The highest BCUT2D eigenvalue weighted by Gasteiger charge is 1.93. The van der Waals surface area contributed by atoms with Gasteiger partial charge in [-0.3, -0.25) is 0 Å². The van der Waals surface area contributed by atoms with E-state index in [1.54, 1.807) is 6.20 Å². The molecule has 0 amide bonds. The monoisotopic (exact) mass is 194 g/mol. The molecule has 78 valence electrons. The molecular weight excluding hydrogens is 176 g/mol. The van der Waals surface area contributed by atoms with Crippen molar-refractivity contribution < 1.29 is 0 Å². The van der Waals surface area contributed by atoms with Gasteiger partial charge in [-0.15, -0.1) is 0 Å². The Balaban J connectivity index is 2.18. The van der Waals surface area contributed by atoms with E-state index in [1.807, 2.05) is 13.0 Å². The minimum Gasteiger partial charge on any atom is -0.353 e. The standard InChI is InChI=1S/C10H18N4/c1-3-5-11-7-8-13-10-12-6-4-9(2)14-10/h4,6,11H,3,5,7-8H2,1-2H3,(H,12,13,14). The third-order valence-corrected chi connectivity index (χ3v) is 1.81. The predicted octanol–water partition coefficient (Wildman–Crippen LogP) is 1.20. The number of hydrogen-bond donors (Lipinski definition) is 2. The maximum absolute atomic E-state index is 4.24. The molecule has 1 aromatic heterocycles. The lowest BCUT2D eigenvalue weighted by molar-refractivity contribution is 0.686. The summed E-state index contributed by atoms with van der Waals surface area (Å²) in [6.45, 7) is 7.00. The van der Waals surface area contributed by atoms with Gasteiger partial charge in [0.25, 0.3) is 0 Å². The zero-order valence-electron chi connectivity index (χ0n) is 8.88. The van der Waals surface area contributed by atoms with Crippen molar-refractivity contribution in [2.24, 2.45) is 0 Å². The molecular formula is C10H18N4. The molecule has 14 heavy (non-hydrogen) atoms. The first kappa shape index (κ1) is 10.9. The fourth-order valence-electron chi connectivity index (χ4n) is 1.10. The van der Waals surface area contributed by atoms with E-state index < -0.39 is 0 Å². The third-order valence-electron chi connectivity index (χ3n) is 1.81. The largest absolute Gasteiger partial charge is 0.353 e. The summed E-state index contributed by atoms with van der Waals surface area (Å²) >= 11 is 0. The summed E-state index contributed by atoms with van der Waals surface area (Å²) in [5, 5.41) is 6.46. The second kappa shape index (κ2) is 6.32. The summed E-state index contributed by atoms with van der Waals surface area (Å²) in [5.74, 6) is 0.711. The molecule has 0 radical (unpaired) electrons. The molecule has 1 heterocycles. The van der Waals surface area contributed by atoms with E-state index in [-0.39, 0.29) is 0 Å². The van der Waals surface area contributed by atoms with Crippen LogP contribution in [0, 0.1) is 6.92 Å². The highest BCUT2D eigenvalue weighted by atomic mass is 15.1. The van der Waals surface area contributed by atoms with Crippen LogP contribution < -0.4 is 10.6 Å². The average Bonchev–Trinajstić information content (AvgIpc) is 2.18. The lowest BCUT2D eigenvalue weighted by atomic mass is 10.4. The van der Waals surface area contributed by atoms with Crippen LogP contribution in [-0.4, -0.2) is 29.6 Å². The van der Waals surface area contributed by atoms with Crippen LogP contribution in [0.25, 0.3) is 0 Å². The molecule has 0 aliphatic heterocycles. The first-order valence-electron chi connectivity index (χ1n) is 5.07. The van der Waals surface area contributed by atoms with Gasteiger partial charge in [-0.25, -0.2) is 9.97 Å². The molecule has 0 fully saturated rings. The Bertz CT molecular complexity index is 262. The van der Waals surface area contributed by atoms with E-state index in [1.165, 1.54) is 6.42 Å². The van der Waals surface area contributed by atoms with Crippen molar-refractivity contribution in [2.45, 2.75) is 20.3 Å². The molecule has 2 N–H and O–H groups in total. The van der Waals surface area contributed by atoms with Crippen molar-refractivity contribution >= 4 is 5.95 Å². The van der Waals surface area contributed by atoms with E-state index in [0.29, 0.717) is 5.95 Å². The lowest BCUT2D eigenvalue weighted by Crippen LogP contribution is -2.23. The van der Waals surface area contributed by atoms with E-state index in [0.717, 1.165) is 25.3 Å². The summed E-state index contributed by atoms with van der Waals surface area (Å²) in [5.41, 5.74) is 0.990. The van der Waals surface area contributed by atoms with Crippen molar-refractivity contribution in [3.8, 4) is 0 Å². The molecule has 0 spiro atoms. The highest BCUT2D eigenvalue weighted by molar-refractivity contribution is 5.24. The lowest BCUT2D eigenvalue weighted by Gasteiger charge is -2.05. The van der Waals surface area contributed by atoms with Gasteiger partial charge in [-0.05, 0) is 26.0 Å². The first-order valence-corrected chi connectivity index (χ1v) is 5.07. The molecule has 0 bridgehead atoms. The maximum Gasteiger partial charge on any atom is 0.222 e. The fraction of sp³-hybridized carbons (Fsp3) is 0.600. The van der Waals surface area contributed by atoms with E-state index >= 15 is 0 Å². The zero-order valence-corrected chi connectivity index (χ0v) is 8.88. The van der Waals surface area contributed by atoms with Crippen molar-refractivity contribution in [3.05, 3.63) is 18.0 Å². The topological polar surface area (TPSA) is 49.8 Å². The van der Waals surface area contributed by atoms with Gasteiger partial charge in [-0.2, -0.15) is 0 Å². The van der Waals surface area contributed by atoms with Crippen LogP contribution in [-0.2, 0) is 0 Å². The summed E-state index contributed by atoms with van der Waals surface area (Å²) in [4.78, 5) is 8.35. The Morgan fingerprint density at radius 3 is 2.86 bits per heavy atom. The van der Waals surface area contributed by atoms with Crippen LogP contribution in [0.4, 0.5) is 5.95 Å². The second-order valence-electron chi connectivity index (χ2n) is 3.20. The van der Waals surface area contributed by atoms with Crippen LogP contribution in [0.2, 0.25) is 0 Å². The Hall–Kier alpha value is -1.16. The van der Waals surface area contributed by atoms with Gasteiger partial charge in [0, 0.05) is 25.0 Å².